The molecule has 0 radical (unpaired) electrons. The third-order valence-corrected chi connectivity index (χ3v) is 23.3. The van der Waals surface area contributed by atoms with Gasteiger partial charge in [0.25, 0.3) is 0 Å². The van der Waals surface area contributed by atoms with Crippen molar-refractivity contribution in [3.63, 3.8) is 0 Å². The summed E-state index contributed by atoms with van der Waals surface area (Å²) in [5.41, 5.74) is 7.68. The van der Waals surface area contributed by atoms with E-state index in [9.17, 15) is 9.90 Å². The molecule has 618 valence electrons. The number of fused-ring (bicyclic) bond motifs is 2. The Balaban J connectivity index is 0.850. The van der Waals surface area contributed by atoms with Gasteiger partial charge in [0.15, 0.2) is 37.7 Å². The topological polar surface area (TPSA) is 225 Å². The van der Waals surface area contributed by atoms with E-state index in [-0.39, 0.29) is 72.7 Å². The Labute approximate surface area is 685 Å². The monoisotopic (exact) mass is 1610 g/mol. The summed E-state index contributed by atoms with van der Waals surface area (Å²) in [6.45, 7) is 9.42. The SMILES string of the molecule is CC(=O)N[C@H]1[C@H](O[C@H]2[C@H]3O[C@H](c4ccccc4)OC[C@H]3O[C@H](O[C@@H]3[C@H](OCc4ccccc4)[C@@H](OCc4ccccc4)[C@H](O[C@H]4[C@H](OCc5ccccc5)[C@@H](OCc5ccccc5)[C@H](OCC[Si](C)(C)C)O[C@@H]4COCc4ccccc4)O[C@@H]3COCc3ccccc3)[C@@H]2OCc2ccccc2)O[C@@H]2CO[C@@H](c3ccccc3)O[C@@H]2[C@@H]1O. The van der Waals surface area contributed by atoms with Gasteiger partial charge in [-0.25, -0.2) is 0 Å². The molecule has 6 heterocycles. The van der Waals surface area contributed by atoms with Crippen LogP contribution in [0.15, 0.2) is 273 Å². The van der Waals surface area contributed by atoms with E-state index in [2.05, 4.69) is 25.0 Å². The molecule has 6 fully saturated rings. The highest BCUT2D eigenvalue weighted by atomic mass is 28.3. The Morgan fingerprint density at radius 2 is 0.675 bits per heavy atom. The zero-order valence-corrected chi connectivity index (χ0v) is 67.5. The van der Waals surface area contributed by atoms with Gasteiger partial charge in [-0.3, -0.25) is 4.79 Å². The second-order valence-electron chi connectivity index (χ2n) is 31.5. The summed E-state index contributed by atoms with van der Waals surface area (Å²) in [5.74, 6) is -0.457. The average molecular weight is 1610 g/mol. The van der Waals surface area contributed by atoms with E-state index in [0.29, 0.717) is 6.61 Å². The van der Waals surface area contributed by atoms with E-state index in [4.69, 9.17) is 90.0 Å². The van der Waals surface area contributed by atoms with Gasteiger partial charge in [-0.15, -0.1) is 0 Å². The van der Waals surface area contributed by atoms with E-state index in [1.165, 1.54) is 6.92 Å². The summed E-state index contributed by atoms with van der Waals surface area (Å²) in [7, 11) is -1.67. The molecule has 0 aliphatic carbocycles. The molecule has 6 aliphatic rings. The zero-order valence-electron chi connectivity index (χ0n) is 66.5. The van der Waals surface area contributed by atoms with Crippen molar-refractivity contribution in [3.8, 4) is 0 Å². The molecule has 6 saturated heterocycles. The molecule has 15 rings (SSSR count). The molecule has 9 aromatic carbocycles. The predicted octanol–water partition coefficient (Wildman–Crippen LogP) is 13.9. The highest BCUT2D eigenvalue weighted by molar-refractivity contribution is 6.76. The molecule has 0 aromatic heterocycles. The largest absolute Gasteiger partial charge is 0.388 e. The van der Waals surface area contributed by atoms with Crippen molar-refractivity contribution in [3.05, 3.63) is 323 Å². The van der Waals surface area contributed by atoms with Gasteiger partial charge in [0, 0.05) is 32.7 Å². The molecule has 23 heteroatoms. The summed E-state index contributed by atoms with van der Waals surface area (Å²) in [6, 6.07) is 87.9. The molecular formula is C94H107NO21Si. The Morgan fingerprint density at radius 3 is 1.07 bits per heavy atom. The number of carbonyl (C=O) groups excluding carboxylic acids is 1. The van der Waals surface area contributed by atoms with Crippen LogP contribution < -0.4 is 5.32 Å². The van der Waals surface area contributed by atoms with Crippen LogP contribution in [0, 0.1) is 0 Å². The molecule has 22 atom stereocenters. The van der Waals surface area contributed by atoms with Crippen molar-refractivity contribution in [2.24, 2.45) is 0 Å². The number of ether oxygens (including phenoxy) is 19. The van der Waals surface area contributed by atoms with Gasteiger partial charge < -0.3 is 100 Å². The van der Waals surface area contributed by atoms with Crippen LogP contribution in [-0.4, -0.2) is 175 Å². The van der Waals surface area contributed by atoms with Crippen LogP contribution in [0.5, 0.6) is 0 Å². The van der Waals surface area contributed by atoms with Gasteiger partial charge in [0.1, 0.15) is 97.6 Å². The maximum atomic E-state index is 13.6. The van der Waals surface area contributed by atoms with Crippen molar-refractivity contribution in [1.82, 2.24) is 5.32 Å². The molecule has 2 N–H and O–H groups in total. The minimum absolute atomic E-state index is 0.0000664. The Morgan fingerprint density at radius 1 is 0.359 bits per heavy atom. The van der Waals surface area contributed by atoms with E-state index in [1.54, 1.807) is 0 Å². The number of amides is 1. The van der Waals surface area contributed by atoms with Crippen molar-refractivity contribution in [2.45, 2.75) is 214 Å². The van der Waals surface area contributed by atoms with Gasteiger partial charge >= 0.3 is 0 Å². The van der Waals surface area contributed by atoms with E-state index in [1.807, 2.05) is 273 Å². The Bertz CT molecular complexity index is 4370. The summed E-state index contributed by atoms with van der Waals surface area (Å²) < 4.78 is 137. The van der Waals surface area contributed by atoms with Crippen molar-refractivity contribution in [1.29, 1.82) is 0 Å². The van der Waals surface area contributed by atoms with Crippen LogP contribution in [0.25, 0.3) is 0 Å². The summed E-state index contributed by atoms with van der Waals surface area (Å²) >= 11 is 0. The van der Waals surface area contributed by atoms with Crippen molar-refractivity contribution in [2.75, 3.05) is 33.0 Å². The van der Waals surface area contributed by atoms with Crippen LogP contribution in [0.2, 0.25) is 25.7 Å². The first kappa shape index (κ1) is 83.9. The van der Waals surface area contributed by atoms with Crippen LogP contribution >= 0.6 is 0 Å². The second-order valence-corrected chi connectivity index (χ2v) is 37.2. The number of hydrogen-bond donors (Lipinski definition) is 2. The van der Waals surface area contributed by atoms with E-state index in [0.717, 1.165) is 56.1 Å². The molecule has 1 amide bonds. The lowest BCUT2D eigenvalue weighted by Gasteiger charge is -2.54. The van der Waals surface area contributed by atoms with Crippen LogP contribution in [0.4, 0.5) is 0 Å². The maximum Gasteiger partial charge on any atom is 0.217 e. The second kappa shape index (κ2) is 41.7. The number of rotatable bonds is 36. The fraction of sp³-hybridized carbons (Fsp3) is 0.415. The molecule has 0 bridgehead atoms. The molecule has 0 unspecified atom stereocenters. The highest BCUT2D eigenvalue weighted by Crippen LogP contribution is 2.44. The van der Waals surface area contributed by atoms with Gasteiger partial charge in [0.2, 0.25) is 5.91 Å². The average Bonchev–Trinajstić information content (AvgIpc) is 0.754. The van der Waals surface area contributed by atoms with E-state index >= 15 is 0 Å². The zero-order chi connectivity index (χ0) is 80.1. The number of hydrogen-bond acceptors (Lipinski definition) is 21. The minimum atomic E-state index is -1.67. The predicted molar refractivity (Wildman–Crippen MR) is 434 cm³/mol. The molecule has 0 spiro atoms. The van der Waals surface area contributed by atoms with Gasteiger partial charge in [-0.1, -0.05) is 293 Å². The van der Waals surface area contributed by atoms with Crippen LogP contribution in [0.1, 0.15) is 69.6 Å². The number of aliphatic hydroxyl groups is 1. The number of benzene rings is 9. The quantitative estimate of drug-likeness (QED) is 0.0348. The molecule has 22 nitrogen and oxygen atoms in total. The summed E-state index contributed by atoms with van der Waals surface area (Å²) in [5, 5.41) is 15.7. The molecule has 6 aliphatic heterocycles. The maximum absolute atomic E-state index is 13.6. The van der Waals surface area contributed by atoms with Crippen molar-refractivity contribution >= 4 is 14.0 Å². The molecule has 0 saturated carbocycles. The lowest BCUT2D eigenvalue weighted by Crippen LogP contribution is -2.70. The molecule has 117 heavy (non-hydrogen) atoms. The first-order valence-corrected chi connectivity index (χ1v) is 44.4. The van der Waals surface area contributed by atoms with Crippen molar-refractivity contribution < 1.29 is 99.9 Å². The fourth-order valence-corrected chi connectivity index (χ4v) is 16.2. The van der Waals surface area contributed by atoms with Gasteiger partial charge in [-0.2, -0.15) is 0 Å². The lowest BCUT2D eigenvalue weighted by atomic mass is 9.93. The third-order valence-electron chi connectivity index (χ3n) is 21.6. The summed E-state index contributed by atoms with van der Waals surface area (Å²) in [6.07, 6.45) is -23.1. The first-order chi connectivity index (χ1) is 57.4. The van der Waals surface area contributed by atoms with Gasteiger partial charge in [-0.05, 0) is 45.0 Å². The minimum Gasteiger partial charge on any atom is -0.388 e. The standard InChI is InChI=1S/C94H107NO21Si/c1-63(96)95-77-78(97)79-75(61-106-89(112-79)71-46-28-12-29-47-71)108-91(77)116-85-82-76(62-107-90(113-82)72-48-30-13-31-49-72)111-94(88(85)105-58-70-44-26-11-27-45-70)115-81-74(60-99-53-65-34-16-6-17-35-65)110-93(87(104-57-69-42-24-10-25-43-69)84(81)102-55-67-38-20-8-21-39-67)114-80-73(59-98-52-64-32-14-5-15-33-64)109-92(100-50-51-117(2,3)4)86(103-56-68-40-22-9-23-41-68)83(80)101-54-66-36-18-7-19-37-66/h5-49,73-94,97H,50-62H2,1-4H3,(H,95,96)/t73-,74-,75-,76-,77-,78-,79+,80-,81+,82+,83+,84+,85+,86-,87-,88-,89-,90-,91+,92-,93+,94-/m1/s1. The van der Waals surface area contributed by atoms with E-state index < -0.39 is 149 Å². The Hall–Kier alpha value is -8.13. The normalized spacial score (nSPS) is 29.9. The van der Waals surface area contributed by atoms with Gasteiger partial charge in [0.05, 0.1) is 72.7 Å². The van der Waals surface area contributed by atoms with Crippen LogP contribution in [-0.2, 0) is 141 Å². The molecule has 9 aromatic rings. The third kappa shape index (κ3) is 22.9. The Kier molecular flexibility index (Phi) is 29.9. The number of nitrogens with one attached hydrogen (secondary N) is 1. The van der Waals surface area contributed by atoms with Crippen LogP contribution in [0.3, 0.4) is 0 Å². The first-order valence-electron chi connectivity index (χ1n) is 40.7. The highest BCUT2D eigenvalue weighted by Gasteiger charge is 2.60. The lowest BCUT2D eigenvalue weighted by molar-refractivity contribution is -0.417. The smallest absolute Gasteiger partial charge is 0.217 e. The fourth-order valence-electron chi connectivity index (χ4n) is 15.5. The molecular weight excluding hydrogens is 1510 g/mol. The number of aliphatic hydroxyl groups excluding tert-OH is 1. The number of carbonyl (C=O) groups is 1. The summed E-state index contributed by atoms with van der Waals surface area (Å²) in [4.78, 5) is 13.6.